The molecule has 0 unspecified atom stereocenters. The van der Waals surface area contributed by atoms with E-state index in [0.29, 0.717) is 17.0 Å². The molecule has 2 rings (SSSR count). The highest BCUT2D eigenvalue weighted by Gasteiger charge is 2.21. The second kappa shape index (κ2) is 7.54. The number of nitrogens with zero attached hydrogens (tertiary/aromatic N) is 1. The Morgan fingerprint density at radius 3 is 2.46 bits per heavy atom. The number of rotatable bonds is 7. The average molecular weight is 354 g/mol. The van der Waals surface area contributed by atoms with Crippen LogP contribution in [-0.4, -0.2) is 37.6 Å². The van der Waals surface area contributed by atoms with E-state index in [0.717, 1.165) is 0 Å². The van der Waals surface area contributed by atoms with Crippen molar-refractivity contribution in [2.75, 3.05) is 13.1 Å². The summed E-state index contributed by atoms with van der Waals surface area (Å²) in [5.41, 5.74) is 1.53. The van der Waals surface area contributed by atoms with Crippen molar-refractivity contribution in [1.82, 2.24) is 20.2 Å². The quantitative estimate of drug-likeness (QED) is 0.640. The largest absolute Gasteiger partial charge is 0.355 e. The lowest BCUT2D eigenvalue weighted by atomic mass is 10.1. The lowest BCUT2D eigenvalue weighted by Gasteiger charge is -2.08. The molecule has 0 fully saturated rings. The van der Waals surface area contributed by atoms with Crippen LogP contribution >= 0.6 is 0 Å². The van der Waals surface area contributed by atoms with Crippen LogP contribution in [0, 0.1) is 19.7 Å². The van der Waals surface area contributed by atoms with Crippen molar-refractivity contribution in [3.05, 3.63) is 47.0 Å². The van der Waals surface area contributed by atoms with E-state index in [9.17, 15) is 17.6 Å². The van der Waals surface area contributed by atoms with Gasteiger partial charge in [0.15, 0.2) is 0 Å². The van der Waals surface area contributed by atoms with Gasteiger partial charge in [-0.3, -0.25) is 9.89 Å². The molecule has 1 heterocycles. The molecular weight excluding hydrogens is 335 g/mol. The molecule has 3 N–H and O–H groups in total. The molecule has 7 nitrogen and oxygen atoms in total. The maximum Gasteiger partial charge on any atom is 0.244 e. The van der Waals surface area contributed by atoms with Crippen LogP contribution in [0.15, 0.2) is 29.2 Å². The molecule has 2 aromatic rings. The summed E-state index contributed by atoms with van der Waals surface area (Å²) in [4.78, 5) is 11.9. The molecule has 9 heteroatoms. The SMILES string of the molecule is Cc1n[nH]c(C)c1S(=O)(=O)NCCNC(=O)Cc1ccc(F)cc1. The van der Waals surface area contributed by atoms with Crippen LogP contribution in [0.3, 0.4) is 0 Å². The second-order valence-corrected chi connectivity index (χ2v) is 7.02. The Labute approximate surface area is 139 Å². The number of hydrogen-bond acceptors (Lipinski definition) is 4. The average Bonchev–Trinajstić information content (AvgIpc) is 2.86. The Hall–Kier alpha value is -2.26. The number of aromatic nitrogens is 2. The Bertz CT molecular complexity index is 796. The number of hydrogen-bond donors (Lipinski definition) is 3. The van der Waals surface area contributed by atoms with Crippen molar-refractivity contribution < 1.29 is 17.6 Å². The third kappa shape index (κ3) is 4.62. The van der Waals surface area contributed by atoms with Gasteiger partial charge in [-0.1, -0.05) is 12.1 Å². The highest BCUT2D eigenvalue weighted by atomic mass is 32.2. The normalized spacial score (nSPS) is 11.5. The summed E-state index contributed by atoms with van der Waals surface area (Å²) in [5.74, 6) is -0.630. The van der Waals surface area contributed by atoms with Crippen LogP contribution in [0.5, 0.6) is 0 Å². The second-order valence-electron chi connectivity index (χ2n) is 5.31. The van der Waals surface area contributed by atoms with E-state index < -0.39 is 10.0 Å². The van der Waals surface area contributed by atoms with Gasteiger partial charge in [0.25, 0.3) is 0 Å². The van der Waals surface area contributed by atoms with E-state index in [1.165, 1.54) is 24.3 Å². The molecule has 0 aliphatic carbocycles. The first-order valence-electron chi connectivity index (χ1n) is 7.32. The summed E-state index contributed by atoms with van der Waals surface area (Å²) in [6.45, 7) is 3.43. The van der Waals surface area contributed by atoms with Crippen LogP contribution in [0.2, 0.25) is 0 Å². The van der Waals surface area contributed by atoms with E-state index in [4.69, 9.17) is 0 Å². The Kier molecular flexibility index (Phi) is 5.68. The molecule has 0 spiro atoms. The van der Waals surface area contributed by atoms with Crippen LogP contribution in [-0.2, 0) is 21.2 Å². The first kappa shape index (κ1) is 18.1. The molecule has 1 amide bonds. The van der Waals surface area contributed by atoms with Gasteiger partial charge in [0.1, 0.15) is 10.7 Å². The number of aromatic amines is 1. The minimum absolute atomic E-state index is 0.0571. The monoisotopic (exact) mass is 354 g/mol. The van der Waals surface area contributed by atoms with Crippen molar-refractivity contribution in [3.63, 3.8) is 0 Å². The van der Waals surface area contributed by atoms with Crippen molar-refractivity contribution in [2.24, 2.45) is 0 Å². The minimum atomic E-state index is -3.68. The van der Waals surface area contributed by atoms with Crippen molar-refractivity contribution in [3.8, 4) is 0 Å². The fourth-order valence-corrected chi connectivity index (χ4v) is 3.64. The summed E-state index contributed by atoms with van der Waals surface area (Å²) in [6.07, 6.45) is 0.104. The zero-order valence-corrected chi connectivity index (χ0v) is 14.2. The fraction of sp³-hybridized carbons (Fsp3) is 0.333. The predicted octanol–water partition coefficient (Wildman–Crippen LogP) is 0.803. The molecule has 1 aromatic carbocycles. The Morgan fingerprint density at radius 1 is 1.21 bits per heavy atom. The molecule has 0 bridgehead atoms. The number of amides is 1. The van der Waals surface area contributed by atoms with Gasteiger partial charge < -0.3 is 5.32 Å². The van der Waals surface area contributed by atoms with Crippen LogP contribution < -0.4 is 10.0 Å². The number of carbonyl (C=O) groups excluding carboxylic acids is 1. The molecule has 24 heavy (non-hydrogen) atoms. The summed E-state index contributed by atoms with van der Waals surface area (Å²) in [6, 6.07) is 5.63. The van der Waals surface area contributed by atoms with E-state index >= 15 is 0 Å². The number of sulfonamides is 1. The van der Waals surface area contributed by atoms with E-state index in [-0.39, 0.29) is 36.1 Å². The number of halogens is 1. The third-order valence-electron chi connectivity index (χ3n) is 3.35. The topological polar surface area (TPSA) is 104 Å². The fourth-order valence-electron chi connectivity index (χ4n) is 2.25. The zero-order valence-electron chi connectivity index (χ0n) is 13.4. The van der Waals surface area contributed by atoms with Gasteiger partial charge in [-0.15, -0.1) is 0 Å². The Morgan fingerprint density at radius 2 is 1.88 bits per heavy atom. The van der Waals surface area contributed by atoms with Gasteiger partial charge in [-0.2, -0.15) is 5.10 Å². The highest BCUT2D eigenvalue weighted by molar-refractivity contribution is 7.89. The van der Waals surface area contributed by atoms with Crippen molar-refractivity contribution >= 4 is 15.9 Å². The first-order chi connectivity index (χ1) is 11.3. The van der Waals surface area contributed by atoms with Crippen LogP contribution in [0.25, 0.3) is 0 Å². The lowest BCUT2D eigenvalue weighted by molar-refractivity contribution is -0.120. The molecule has 0 saturated heterocycles. The van der Waals surface area contributed by atoms with Gasteiger partial charge in [0.2, 0.25) is 15.9 Å². The molecule has 0 aliphatic rings. The summed E-state index contributed by atoms with van der Waals surface area (Å²) < 4.78 is 39.6. The summed E-state index contributed by atoms with van der Waals surface area (Å²) in [5, 5.41) is 9.08. The standard InChI is InChI=1S/C15H19FN4O3S/c1-10-15(11(2)20-19-10)24(22,23)18-8-7-17-14(21)9-12-3-5-13(16)6-4-12/h3-6,18H,7-9H2,1-2H3,(H,17,21)(H,19,20). The molecule has 0 radical (unpaired) electrons. The van der Waals surface area contributed by atoms with Gasteiger partial charge in [-0.05, 0) is 31.5 Å². The number of carbonyl (C=O) groups is 1. The van der Waals surface area contributed by atoms with Gasteiger partial charge in [-0.25, -0.2) is 17.5 Å². The van der Waals surface area contributed by atoms with Crippen molar-refractivity contribution in [1.29, 1.82) is 0 Å². The molecular formula is C15H19FN4O3S. The maximum atomic E-state index is 12.8. The number of aryl methyl sites for hydroxylation is 2. The molecule has 1 aromatic heterocycles. The molecule has 0 saturated carbocycles. The van der Waals surface area contributed by atoms with Gasteiger partial charge in [0.05, 0.1) is 17.8 Å². The number of nitrogens with one attached hydrogen (secondary N) is 3. The first-order valence-corrected chi connectivity index (χ1v) is 8.80. The minimum Gasteiger partial charge on any atom is -0.355 e. The summed E-state index contributed by atoms with van der Waals surface area (Å²) >= 11 is 0. The van der Waals surface area contributed by atoms with E-state index in [1.54, 1.807) is 13.8 Å². The predicted molar refractivity (Wildman–Crippen MR) is 86.4 cm³/mol. The maximum absolute atomic E-state index is 12.8. The number of benzene rings is 1. The third-order valence-corrected chi connectivity index (χ3v) is 5.07. The van der Waals surface area contributed by atoms with Gasteiger partial charge in [0, 0.05) is 13.1 Å². The van der Waals surface area contributed by atoms with Gasteiger partial charge >= 0.3 is 0 Å². The zero-order chi connectivity index (χ0) is 17.7. The smallest absolute Gasteiger partial charge is 0.244 e. The molecule has 0 atom stereocenters. The lowest BCUT2D eigenvalue weighted by Crippen LogP contribution is -2.35. The van der Waals surface area contributed by atoms with Crippen LogP contribution in [0.1, 0.15) is 17.0 Å². The highest BCUT2D eigenvalue weighted by Crippen LogP contribution is 2.15. The van der Waals surface area contributed by atoms with E-state index in [1.807, 2.05) is 0 Å². The molecule has 130 valence electrons. The van der Waals surface area contributed by atoms with Crippen LogP contribution in [0.4, 0.5) is 4.39 Å². The Balaban J connectivity index is 1.80. The van der Waals surface area contributed by atoms with E-state index in [2.05, 4.69) is 20.2 Å². The molecule has 0 aliphatic heterocycles. The van der Waals surface area contributed by atoms with Crippen molar-refractivity contribution in [2.45, 2.75) is 25.2 Å². The number of H-pyrrole nitrogens is 1. The summed E-state index contributed by atoms with van der Waals surface area (Å²) in [7, 11) is -3.68.